The molecule has 2 atom stereocenters. The Labute approximate surface area is 120 Å². The van der Waals surface area contributed by atoms with Crippen LogP contribution >= 0.6 is 0 Å². The lowest BCUT2D eigenvalue weighted by Gasteiger charge is -2.26. The molecule has 1 aliphatic rings. The van der Waals surface area contributed by atoms with Gasteiger partial charge in [0.1, 0.15) is 11.6 Å². The van der Waals surface area contributed by atoms with Crippen molar-refractivity contribution in [1.29, 1.82) is 0 Å². The normalized spacial score (nSPS) is 23.2. The molecule has 1 fully saturated rings. The van der Waals surface area contributed by atoms with Crippen LogP contribution in [0.4, 0.5) is 8.78 Å². The molecule has 20 heavy (non-hydrogen) atoms. The molecule has 2 rings (SSSR count). The van der Waals surface area contributed by atoms with Gasteiger partial charge in [-0.05, 0) is 70.0 Å². The van der Waals surface area contributed by atoms with Crippen LogP contribution in [0.2, 0.25) is 0 Å². The van der Waals surface area contributed by atoms with Gasteiger partial charge in [0.05, 0.1) is 0 Å². The van der Waals surface area contributed by atoms with E-state index in [-0.39, 0.29) is 5.54 Å². The van der Waals surface area contributed by atoms with Crippen molar-refractivity contribution in [3.8, 4) is 0 Å². The van der Waals surface area contributed by atoms with E-state index in [2.05, 4.69) is 26.1 Å². The van der Waals surface area contributed by atoms with Crippen LogP contribution in [0.5, 0.6) is 0 Å². The molecule has 0 radical (unpaired) electrons. The zero-order valence-electron chi connectivity index (χ0n) is 12.7. The summed E-state index contributed by atoms with van der Waals surface area (Å²) in [6.45, 7) is 7.47. The van der Waals surface area contributed by atoms with Gasteiger partial charge in [-0.15, -0.1) is 0 Å². The minimum Gasteiger partial charge on any atom is -0.312 e. The molecule has 0 spiro atoms. The Kier molecular flexibility index (Phi) is 4.79. The molecular formula is C17H25F2N. The maximum atomic E-state index is 13.8. The topological polar surface area (TPSA) is 12.0 Å². The second kappa shape index (κ2) is 6.21. The molecule has 0 saturated heterocycles. The van der Waals surface area contributed by atoms with Crippen molar-refractivity contribution in [1.82, 2.24) is 5.32 Å². The molecule has 1 N–H and O–H groups in total. The maximum Gasteiger partial charge on any atom is 0.129 e. The molecule has 1 nitrogen and oxygen atoms in total. The van der Waals surface area contributed by atoms with Gasteiger partial charge in [-0.25, -0.2) is 8.78 Å². The lowest BCUT2D eigenvalue weighted by molar-refractivity contribution is 0.315. The molecule has 1 aliphatic carbocycles. The fourth-order valence-corrected chi connectivity index (χ4v) is 3.06. The molecule has 112 valence electrons. The summed E-state index contributed by atoms with van der Waals surface area (Å²) in [5, 5.41) is 3.55. The molecule has 0 heterocycles. The van der Waals surface area contributed by atoms with Crippen LogP contribution in [0.3, 0.4) is 0 Å². The van der Waals surface area contributed by atoms with Crippen LogP contribution in [0, 0.1) is 23.5 Å². The summed E-state index contributed by atoms with van der Waals surface area (Å²) < 4.78 is 26.7. The highest BCUT2D eigenvalue weighted by Crippen LogP contribution is 2.34. The van der Waals surface area contributed by atoms with E-state index >= 15 is 0 Å². The van der Waals surface area contributed by atoms with Crippen LogP contribution in [-0.4, -0.2) is 12.1 Å². The Balaban J connectivity index is 1.97. The van der Waals surface area contributed by atoms with Gasteiger partial charge in [0, 0.05) is 11.6 Å². The number of hydrogen-bond acceptors (Lipinski definition) is 1. The highest BCUT2D eigenvalue weighted by Gasteiger charge is 2.28. The Bertz CT molecular complexity index is 451. The van der Waals surface area contributed by atoms with Gasteiger partial charge in [0.25, 0.3) is 0 Å². The quantitative estimate of drug-likeness (QED) is 0.867. The monoisotopic (exact) mass is 281 g/mol. The number of halogens is 2. The predicted octanol–water partition coefficient (Wildman–Crippen LogP) is 4.31. The Morgan fingerprint density at radius 3 is 2.50 bits per heavy atom. The van der Waals surface area contributed by atoms with Crippen molar-refractivity contribution in [2.75, 3.05) is 6.54 Å². The largest absolute Gasteiger partial charge is 0.312 e. The first-order valence-electron chi connectivity index (χ1n) is 7.54. The van der Waals surface area contributed by atoms with Crippen LogP contribution in [-0.2, 0) is 6.42 Å². The Hall–Kier alpha value is -0.960. The van der Waals surface area contributed by atoms with Crippen LogP contribution < -0.4 is 5.32 Å². The fraction of sp³-hybridized carbons (Fsp3) is 0.647. The lowest BCUT2D eigenvalue weighted by atomic mass is 9.89. The maximum absolute atomic E-state index is 13.8. The highest BCUT2D eigenvalue weighted by molar-refractivity contribution is 5.19. The van der Waals surface area contributed by atoms with E-state index < -0.39 is 11.6 Å². The molecular weight excluding hydrogens is 256 g/mol. The van der Waals surface area contributed by atoms with Crippen molar-refractivity contribution >= 4 is 0 Å². The van der Waals surface area contributed by atoms with Crippen molar-refractivity contribution in [2.45, 2.75) is 52.0 Å². The minimum atomic E-state index is -0.497. The van der Waals surface area contributed by atoms with E-state index in [1.165, 1.54) is 18.9 Å². The highest BCUT2D eigenvalue weighted by atomic mass is 19.1. The first-order valence-corrected chi connectivity index (χ1v) is 7.54. The molecule has 0 bridgehead atoms. The van der Waals surface area contributed by atoms with E-state index in [0.29, 0.717) is 17.4 Å². The van der Waals surface area contributed by atoms with Crippen LogP contribution in [0.1, 0.15) is 45.6 Å². The van der Waals surface area contributed by atoms with Gasteiger partial charge in [-0.3, -0.25) is 0 Å². The molecule has 2 unspecified atom stereocenters. The van der Waals surface area contributed by atoms with E-state index in [4.69, 9.17) is 0 Å². The second-order valence-electron chi connectivity index (χ2n) is 7.02. The molecule has 1 saturated carbocycles. The third-order valence-corrected chi connectivity index (χ3v) is 4.21. The number of benzene rings is 1. The van der Waals surface area contributed by atoms with Gasteiger partial charge in [0.15, 0.2) is 0 Å². The van der Waals surface area contributed by atoms with Crippen molar-refractivity contribution in [2.24, 2.45) is 11.8 Å². The molecule has 0 amide bonds. The van der Waals surface area contributed by atoms with Gasteiger partial charge in [0.2, 0.25) is 0 Å². The zero-order chi connectivity index (χ0) is 14.8. The third-order valence-electron chi connectivity index (χ3n) is 4.21. The van der Waals surface area contributed by atoms with Gasteiger partial charge in [-0.1, -0.05) is 12.5 Å². The summed E-state index contributed by atoms with van der Waals surface area (Å²) in [6.07, 6.45) is 4.29. The van der Waals surface area contributed by atoms with E-state index in [9.17, 15) is 8.78 Å². The molecule has 0 aromatic heterocycles. The minimum absolute atomic E-state index is 0.119. The fourth-order valence-electron chi connectivity index (χ4n) is 3.06. The van der Waals surface area contributed by atoms with Crippen LogP contribution in [0.15, 0.2) is 18.2 Å². The first kappa shape index (κ1) is 15.4. The average Bonchev–Trinajstić information content (AvgIpc) is 2.77. The van der Waals surface area contributed by atoms with Gasteiger partial charge < -0.3 is 5.32 Å². The van der Waals surface area contributed by atoms with E-state index in [1.54, 1.807) is 6.07 Å². The first-order chi connectivity index (χ1) is 9.35. The number of nitrogens with one attached hydrogen (secondary N) is 1. The predicted molar refractivity (Wildman–Crippen MR) is 78.6 cm³/mol. The van der Waals surface area contributed by atoms with Crippen molar-refractivity contribution < 1.29 is 8.78 Å². The molecule has 1 aromatic carbocycles. The summed E-state index contributed by atoms with van der Waals surface area (Å²) in [7, 11) is 0. The van der Waals surface area contributed by atoms with Gasteiger partial charge >= 0.3 is 0 Å². The Morgan fingerprint density at radius 2 is 1.85 bits per heavy atom. The summed E-state index contributed by atoms with van der Waals surface area (Å²) in [5.74, 6) is 0.201. The van der Waals surface area contributed by atoms with Crippen molar-refractivity contribution in [3.63, 3.8) is 0 Å². The standard InChI is InChI=1S/C17H25F2N/c1-17(2,3)20-11-14-6-4-5-12(14)9-13-7-8-15(18)10-16(13)19/h7-8,10,12,14,20H,4-6,9,11H2,1-3H3. The van der Waals surface area contributed by atoms with Gasteiger partial charge in [-0.2, -0.15) is 0 Å². The SMILES string of the molecule is CC(C)(C)NCC1CCCC1Cc1ccc(F)cc1F. The van der Waals surface area contributed by atoms with E-state index in [0.717, 1.165) is 25.5 Å². The average molecular weight is 281 g/mol. The van der Waals surface area contributed by atoms with Crippen LogP contribution in [0.25, 0.3) is 0 Å². The summed E-state index contributed by atoms with van der Waals surface area (Å²) in [5.41, 5.74) is 0.771. The third kappa shape index (κ3) is 4.27. The Morgan fingerprint density at radius 1 is 1.15 bits per heavy atom. The van der Waals surface area contributed by atoms with E-state index in [1.807, 2.05) is 0 Å². The smallest absolute Gasteiger partial charge is 0.129 e. The van der Waals surface area contributed by atoms with Crippen molar-refractivity contribution in [3.05, 3.63) is 35.4 Å². The summed E-state index contributed by atoms with van der Waals surface area (Å²) >= 11 is 0. The molecule has 3 heteroatoms. The summed E-state index contributed by atoms with van der Waals surface area (Å²) in [4.78, 5) is 0. The zero-order valence-corrected chi connectivity index (χ0v) is 12.7. The second-order valence-corrected chi connectivity index (χ2v) is 7.02. The number of hydrogen-bond donors (Lipinski definition) is 1. The lowest BCUT2D eigenvalue weighted by Crippen LogP contribution is -2.40. The number of rotatable bonds is 4. The molecule has 0 aliphatic heterocycles. The molecule has 1 aromatic rings. The summed E-state index contributed by atoms with van der Waals surface area (Å²) in [6, 6.07) is 3.94.